The number of ether oxygens (including phenoxy) is 1. The van der Waals surface area contributed by atoms with E-state index in [-0.39, 0.29) is 22.9 Å². The molecule has 0 saturated heterocycles. The average molecular weight is 545 g/mol. The minimum atomic E-state index is -0.0626. The van der Waals surface area contributed by atoms with Crippen molar-refractivity contribution in [3.05, 3.63) is 47.5 Å². The van der Waals surface area contributed by atoms with Crippen molar-refractivity contribution in [3.8, 4) is 0 Å². The van der Waals surface area contributed by atoms with Crippen LogP contribution in [-0.2, 0) is 16.0 Å². The molecule has 0 bridgehead atoms. The molecule has 4 fully saturated rings. The third-order valence-electron chi connectivity index (χ3n) is 14.8. The first-order chi connectivity index (χ1) is 18.8. The van der Waals surface area contributed by atoms with Gasteiger partial charge in [-0.2, -0.15) is 0 Å². The van der Waals surface area contributed by atoms with Gasteiger partial charge in [-0.1, -0.05) is 97.4 Å². The molecule has 0 radical (unpaired) electrons. The number of fused-ring (bicyclic) bond motifs is 7. The van der Waals surface area contributed by atoms with E-state index < -0.39 is 0 Å². The third kappa shape index (κ3) is 3.96. The SMILES string of the molecule is C[C@H]1[C@H](C)CC[C@]2(C)CC[C@@]3(C)C(=CC[C@H]4[C@]5(C)CC[C@H](OC(=O)Cc6ccccc6)C(C)(C)[C@H]5CC[C@@]43C)[C@H]12. The molecular weight excluding hydrogens is 488 g/mol. The van der Waals surface area contributed by atoms with E-state index >= 15 is 0 Å². The second-order valence-electron chi connectivity index (χ2n) is 16.8. The van der Waals surface area contributed by atoms with Gasteiger partial charge in [0.15, 0.2) is 0 Å². The van der Waals surface area contributed by atoms with E-state index in [0.29, 0.717) is 34.5 Å². The maximum Gasteiger partial charge on any atom is 0.310 e. The largest absolute Gasteiger partial charge is 0.462 e. The van der Waals surface area contributed by atoms with E-state index in [0.717, 1.165) is 29.7 Å². The molecule has 40 heavy (non-hydrogen) atoms. The first kappa shape index (κ1) is 28.5. The Morgan fingerprint density at radius 3 is 2.30 bits per heavy atom. The summed E-state index contributed by atoms with van der Waals surface area (Å²) in [4.78, 5) is 13.0. The van der Waals surface area contributed by atoms with Crippen LogP contribution in [0.3, 0.4) is 0 Å². The number of esters is 1. The molecule has 5 aliphatic rings. The van der Waals surface area contributed by atoms with Crippen molar-refractivity contribution in [2.75, 3.05) is 0 Å². The van der Waals surface area contributed by atoms with Gasteiger partial charge >= 0.3 is 5.97 Å². The number of allylic oxidation sites excluding steroid dienone is 2. The lowest BCUT2D eigenvalue weighted by Gasteiger charge is -2.71. The molecule has 10 atom stereocenters. The number of hydrogen-bond donors (Lipinski definition) is 0. The smallest absolute Gasteiger partial charge is 0.310 e. The molecule has 2 nitrogen and oxygen atoms in total. The summed E-state index contributed by atoms with van der Waals surface area (Å²) in [7, 11) is 0. The van der Waals surface area contributed by atoms with E-state index in [1.54, 1.807) is 0 Å². The Labute approximate surface area is 245 Å². The van der Waals surface area contributed by atoms with Gasteiger partial charge in [0, 0.05) is 5.41 Å². The molecule has 0 unspecified atom stereocenters. The fraction of sp³-hybridized carbons (Fsp3) is 0.763. The monoisotopic (exact) mass is 544 g/mol. The lowest BCUT2D eigenvalue weighted by Crippen LogP contribution is -2.65. The summed E-state index contributed by atoms with van der Waals surface area (Å²) in [5.41, 5.74) is 4.33. The minimum Gasteiger partial charge on any atom is -0.462 e. The standard InChI is InChI=1S/C38H56O2/c1-25-16-19-35(5)22-23-37(7)28(33(35)26(25)2)14-15-30-36(6)20-18-31(34(3,4)29(36)17-21-38(30,37)8)40-32(39)24-27-12-10-9-11-13-27/h9-14,25-26,29-31,33H,15-24H2,1-8H3/t25-,26+,29-,30+,31+,33+,35-,36-,37+,38+/m1/s1. The fourth-order valence-corrected chi connectivity index (χ4v) is 12.0. The molecule has 1 aromatic rings. The fourth-order valence-electron chi connectivity index (χ4n) is 12.0. The van der Waals surface area contributed by atoms with Crippen LogP contribution in [0.2, 0.25) is 0 Å². The van der Waals surface area contributed by atoms with Gasteiger partial charge in [0.2, 0.25) is 0 Å². The van der Waals surface area contributed by atoms with Gasteiger partial charge in [-0.15, -0.1) is 0 Å². The second-order valence-corrected chi connectivity index (χ2v) is 16.8. The Morgan fingerprint density at radius 2 is 1.57 bits per heavy atom. The van der Waals surface area contributed by atoms with Crippen molar-refractivity contribution in [1.29, 1.82) is 0 Å². The summed E-state index contributed by atoms with van der Waals surface area (Å²) in [5, 5.41) is 0. The van der Waals surface area contributed by atoms with Crippen LogP contribution >= 0.6 is 0 Å². The van der Waals surface area contributed by atoms with Crippen LogP contribution < -0.4 is 0 Å². The van der Waals surface area contributed by atoms with Gasteiger partial charge < -0.3 is 4.74 Å². The van der Waals surface area contributed by atoms with Gasteiger partial charge in [0.25, 0.3) is 0 Å². The van der Waals surface area contributed by atoms with Crippen LogP contribution in [0.4, 0.5) is 0 Å². The Morgan fingerprint density at radius 1 is 0.850 bits per heavy atom. The third-order valence-corrected chi connectivity index (χ3v) is 14.8. The summed E-state index contributed by atoms with van der Waals surface area (Å²) in [6.45, 7) is 20.6. The molecule has 0 heterocycles. The van der Waals surface area contributed by atoms with Gasteiger partial charge in [-0.25, -0.2) is 0 Å². The van der Waals surface area contributed by atoms with Crippen LogP contribution in [0.1, 0.15) is 119 Å². The number of hydrogen-bond acceptors (Lipinski definition) is 2. The predicted molar refractivity (Wildman–Crippen MR) is 165 cm³/mol. The summed E-state index contributed by atoms with van der Waals surface area (Å²) < 4.78 is 6.31. The molecular formula is C38H56O2. The van der Waals surface area contributed by atoms with Crippen LogP contribution in [0.5, 0.6) is 0 Å². The molecule has 0 aliphatic heterocycles. The summed E-state index contributed by atoms with van der Waals surface area (Å²) in [5.74, 6) is 3.61. The number of carbonyl (C=O) groups excluding carboxylic acids is 1. The highest BCUT2D eigenvalue weighted by molar-refractivity contribution is 5.72. The van der Waals surface area contributed by atoms with Crippen molar-refractivity contribution in [2.24, 2.45) is 56.7 Å². The molecule has 6 rings (SSSR count). The minimum absolute atomic E-state index is 0.00989. The second kappa shape index (κ2) is 9.47. The summed E-state index contributed by atoms with van der Waals surface area (Å²) >= 11 is 0. The topological polar surface area (TPSA) is 26.3 Å². The molecule has 220 valence electrons. The highest BCUT2D eigenvalue weighted by Gasteiger charge is 2.68. The molecule has 0 N–H and O–H groups in total. The van der Waals surface area contributed by atoms with E-state index in [1.165, 1.54) is 51.4 Å². The van der Waals surface area contributed by atoms with E-state index in [1.807, 2.05) is 35.9 Å². The van der Waals surface area contributed by atoms with Crippen molar-refractivity contribution >= 4 is 5.97 Å². The highest BCUT2D eigenvalue weighted by atomic mass is 16.5. The normalized spacial score (nSPS) is 47.5. The highest BCUT2D eigenvalue weighted by Crippen LogP contribution is 2.75. The van der Waals surface area contributed by atoms with Crippen LogP contribution in [0.15, 0.2) is 42.0 Å². The van der Waals surface area contributed by atoms with Crippen molar-refractivity contribution in [3.63, 3.8) is 0 Å². The molecule has 4 saturated carbocycles. The van der Waals surface area contributed by atoms with Gasteiger partial charge in [0.1, 0.15) is 6.10 Å². The molecule has 0 aromatic heterocycles. The first-order valence-corrected chi connectivity index (χ1v) is 16.7. The molecule has 0 spiro atoms. The zero-order valence-electron chi connectivity index (χ0n) is 26.8. The van der Waals surface area contributed by atoms with Gasteiger partial charge in [-0.05, 0) is 115 Å². The van der Waals surface area contributed by atoms with E-state index in [4.69, 9.17) is 4.74 Å². The number of benzene rings is 1. The molecule has 1 aromatic carbocycles. The lowest BCUT2D eigenvalue weighted by atomic mass is 9.33. The zero-order valence-corrected chi connectivity index (χ0v) is 26.8. The Kier molecular flexibility index (Phi) is 6.76. The average Bonchev–Trinajstić information content (AvgIpc) is 2.89. The van der Waals surface area contributed by atoms with Crippen molar-refractivity contribution in [2.45, 2.75) is 126 Å². The van der Waals surface area contributed by atoms with Gasteiger partial charge in [0.05, 0.1) is 6.42 Å². The quantitative estimate of drug-likeness (QED) is 0.280. The molecule has 0 amide bonds. The van der Waals surface area contributed by atoms with Gasteiger partial charge in [-0.3, -0.25) is 4.79 Å². The number of rotatable bonds is 3. The lowest BCUT2D eigenvalue weighted by molar-refractivity contribution is -0.213. The van der Waals surface area contributed by atoms with Crippen LogP contribution in [0, 0.1) is 56.7 Å². The maximum atomic E-state index is 13.0. The van der Waals surface area contributed by atoms with Crippen molar-refractivity contribution < 1.29 is 9.53 Å². The van der Waals surface area contributed by atoms with Crippen LogP contribution in [0.25, 0.3) is 0 Å². The zero-order chi connectivity index (χ0) is 28.7. The Bertz CT molecular complexity index is 1170. The maximum absolute atomic E-state index is 13.0. The Balaban J connectivity index is 1.27. The van der Waals surface area contributed by atoms with Crippen LogP contribution in [-0.4, -0.2) is 12.1 Å². The molecule has 5 aliphatic carbocycles. The van der Waals surface area contributed by atoms with Crippen molar-refractivity contribution in [1.82, 2.24) is 0 Å². The van der Waals surface area contributed by atoms with E-state index in [9.17, 15) is 4.79 Å². The molecule has 2 heteroatoms. The predicted octanol–water partition coefficient (Wildman–Crippen LogP) is 9.82. The summed E-state index contributed by atoms with van der Waals surface area (Å²) in [6, 6.07) is 10.1. The number of carbonyl (C=O) groups is 1. The van der Waals surface area contributed by atoms with E-state index in [2.05, 4.69) is 61.5 Å². The first-order valence-electron chi connectivity index (χ1n) is 16.7. The Hall–Kier alpha value is -1.57. The summed E-state index contributed by atoms with van der Waals surface area (Å²) in [6.07, 6.45) is 14.8.